The number of carbonyl (C=O) groups is 1. The van der Waals surface area contributed by atoms with Crippen molar-refractivity contribution in [1.82, 2.24) is 5.32 Å². The fourth-order valence-electron chi connectivity index (χ4n) is 2.02. The van der Waals surface area contributed by atoms with Crippen LogP contribution >= 0.6 is 39.3 Å². The highest BCUT2D eigenvalue weighted by Crippen LogP contribution is 2.23. The lowest BCUT2D eigenvalue weighted by Gasteiger charge is -2.09. The standard InChI is InChI=1S/C17H13BrClN3O2S/c18-13-3-6-15(24-9-11-1-4-14(19)5-2-11)12(7-13)8-20-22-17-21-16(23)10-25-17/h1-8H,9-10H2,(H,21,22,23). The van der Waals surface area contributed by atoms with Gasteiger partial charge < -0.3 is 10.1 Å². The Labute approximate surface area is 162 Å². The Morgan fingerprint density at radius 1 is 1.28 bits per heavy atom. The monoisotopic (exact) mass is 437 g/mol. The van der Waals surface area contributed by atoms with Crippen LogP contribution in [0.2, 0.25) is 5.02 Å². The van der Waals surface area contributed by atoms with Gasteiger partial charge in [0.1, 0.15) is 12.4 Å². The molecular weight excluding hydrogens is 426 g/mol. The van der Waals surface area contributed by atoms with Crippen molar-refractivity contribution < 1.29 is 9.53 Å². The summed E-state index contributed by atoms with van der Waals surface area (Å²) in [6.45, 7) is 0.417. The number of ether oxygens (including phenoxy) is 1. The molecule has 0 radical (unpaired) electrons. The molecule has 0 aromatic heterocycles. The van der Waals surface area contributed by atoms with Crippen LogP contribution in [0.1, 0.15) is 11.1 Å². The van der Waals surface area contributed by atoms with E-state index in [1.165, 1.54) is 11.8 Å². The molecule has 128 valence electrons. The summed E-state index contributed by atoms with van der Waals surface area (Å²) in [5, 5.41) is 11.9. The second kappa shape index (κ2) is 8.51. The van der Waals surface area contributed by atoms with Crippen LogP contribution in [0, 0.1) is 0 Å². The molecule has 1 saturated heterocycles. The topological polar surface area (TPSA) is 63.0 Å². The predicted molar refractivity (Wildman–Crippen MR) is 106 cm³/mol. The zero-order chi connectivity index (χ0) is 17.6. The highest BCUT2D eigenvalue weighted by atomic mass is 79.9. The van der Waals surface area contributed by atoms with Crippen LogP contribution in [0.15, 0.2) is 57.1 Å². The summed E-state index contributed by atoms with van der Waals surface area (Å²) < 4.78 is 6.79. The number of halogens is 2. The number of hydrogen-bond donors (Lipinski definition) is 1. The highest BCUT2D eigenvalue weighted by molar-refractivity contribution is 9.10. The minimum atomic E-state index is -0.0617. The number of rotatable bonds is 5. The van der Waals surface area contributed by atoms with Gasteiger partial charge in [-0.2, -0.15) is 5.10 Å². The molecular formula is C17H13BrClN3O2S. The van der Waals surface area contributed by atoms with Gasteiger partial charge in [0.25, 0.3) is 0 Å². The molecule has 5 nitrogen and oxygen atoms in total. The Balaban J connectivity index is 1.71. The van der Waals surface area contributed by atoms with Gasteiger partial charge in [-0.3, -0.25) is 4.79 Å². The second-order valence-corrected chi connectivity index (χ2v) is 7.40. The number of benzene rings is 2. The van der Waals surface area contributed by atoms with Gasteiger partial charge in [-0.15, -0.1) is 5.10 Å². The lowest BCUT2D eigenvalue weighted by molar-refractivity contribution is -0.116. The van der Waals surface area contributed by atoms with E-state index in [0.29, 0.717) is 28.3 Å². The summed E-state index contributed by atoms with van der Waals surface area (Å²) in [5.41, 5.74) is 1.79. The zero-order valence-electron chi connectivity index (χ0n) is 12.9. The number of nitrogens with zero attached hydrogens (tertiary/aromatic N) is 2. The average molecular weight is 439 g/mol. The smallest absolute Gasteiger partial charge is 0.236 e. The molecule has 0 aliphatic carbocycles. The van der Waals surface area contributed by atoms with Gasteiger partial charge in [-0.05, 0) is 35.9 Å². The molecule has 2 aromatic rings. The maximum atomic E-state index is 11.1. The van der Waals surface area contributed by atoms with E-state index in [2.05, 4.69) is 31.4 Å². The third-order valence-electron chi connectivity index (χ3n) is 3.21. The van der Waals surface area contributed by atoms with Crippen LogP contribution in [-0.4, -0.2) is 23.0 Å². The van der Waals surface area contributed by atoms with Gasteiger partial charge in [-0.1, -0.05) is 51.4 Å². The van der Waals surface area contributed by atoms with Crippen LogP contribution in [0.5, 0.6) is 5.75 Å². The highest BCUT2D eigenvalue weighted by Gasteiger charge is 2.16. The van der Waals surface area contributed by atoms with Gasteiger partial charge in [0, 0.05) is 15.1 Å². The Bertz CT molecular complexity index is 840. The van der Waals surface area contributed by atoms with E-state index >= 15 is 0 Å². The molecule has 0 bridgehead atoms. The fourth-order valence-corrected chi connectivity index (χ4v) is 3.15. The molecule has 25 heavy (non-hydrogen) atoms. The summed E-state index contributed by atoms with van der Waals surface area (Å²) in [6, 6.07) is 13.1. The Kier molecular flexibility index (Phi) is 6.12. The molecule has 1 fully saturated rings. The average Bonchev–Trinajstić information content (AvgIpc) is 3.01. The van der Waals surface area contributed by atoms with Crippen molar-refractivity contribution in [2.45, 2.75) is 6.61 Å². The van der Waals surface area contributed by atoms with Gasteiger partial charge in [0.2, 0.25) is 5.91 Å². The number of carbonyl (C=O) groups excluding carboxylic acids is 1. The molecule has 3 rings (SSSR count). The minimum absolute atomic E-state index is 0.0617. The van der Waals surface area contributed by atoms with Crippen molar-refractivity contribution in [2.75, 3.05) is 5.75 Å². The number of nitrogens with one attached hydrogen (secondary N) is 1. The lowest BCUT2D eigenvalue weighted by atomic mass is 10.2. The first-order chi connectivity index (χ1) is 12.1. The van der Waals surface area contributed by atoms with E-state index < -0.39 is 0 Å². The quantitative estimate of drug-likeness (QED) is 0.561. The molecule has 0 spiro atoms. The molecule has 1 aliphatic heterocycles. The van der Waals surface area contributed by atoms with Gasteiger partial charge in [0.05, 0.1) is 12.0 Å². The molecule has 8 heteroatoms. The van der Waals surface area contributed by atoms with Crippen molar-refractivity contribution in [3.63, 3.8) is 0 Å². The molecule has 0 atom stereocenters. The summed E-state index contributed by atoms with van der Waals surface area (Å²) in [4.78, 5) is 11.1. The Morgan fingerprint density at radius 3 is 2.80 bits per heavy atom. The van der Waals surface area contributed by atoms with E-state index in [0.717, 1.165) is 15.6 Å². The number of thioether (sulfide) groups is 1. The van der Waals surface area contributed by atoms with Crippen molar-refractivity contribution in [3.8, 4) is 5.75 Å². The first kappa shape index (κ1) is 18.0. The number of amides is 1. The minimum Gasteiger partial charge on any atom is -0.488 e. The van der Waals surface area contributed by atoms with Crippen LogP contribution in [0.25, 0.3) is 0 Å². The van der Waals surface area contributed by atoms with Crippen molar-refractivity contribution in [3.05, 3.63) is 63.1 Å². The maximum Gasteiger partial charge on any atom is 0.236 e. The van der Waals surface area contributed by atoms with Crippen LogP contribution in [0.4, 0.5) is 0 Å². The largest absolute Gasteiger partial charge is 0.488 e. The Hall–Kier alpha value is -1.83. The SMILES string of the molecule is O=C1CSC(=NN=Cc2cc(Br)ccc2OCc2ccc(Cl)cc2)N1. The third kappa shape index (κ3) is 5.32. The predicted octanol–water partition coefficient (Wildman–Crippen LogP) is 4.23. The van der Waals surface area contributed by atoms with E-state index in [4.69, 9.17) is 16.3 Å². The van der Waals surface area contributed by atoms with E-state index in [1.54, 1.807) is 6.21 Å². The van der Waals surface area contributed by atoms with E-state index in [9.17, 15) is 4.79 Å². The van der Waals surface area contributed by atoms with Crippen molar-refractivity contribution in [1.29, 1.82) is 0 Å². The van der Waals surface area contributed by atoms with E-state index in [1.807, 2.05) is 42.5 Å². The third-order valence-corrected chi connectivity index (χ3v) is 4.82. The second-order valence-electron chi connectivity index (χ2n) is 5.08. The molecule has 1 amide bonds. The van der Waals surface area contributed by atoms with Crippen LogP contribution < -0.4 is 10.1 Å². The van der Waals surface area contributed by atoms with Gasteiger partial charge >= 0.3 is 0 Å². The summed E-state index contributed by atoms with van der Waals surface area (Å²) in [6.07, 6.45) is 1.60. The first-order valence-corrected chi connectivity index (χ1v) is 9.46. The Morgan fingerprint density at radius 2 is 2.08 bits per heavy atom. The molecule has 1 N–H and O–H groups in total. The number of hydrogen-bond acceptors (Lipinski definition) is 5. The summed E-state index contributed by atoms with van der Waals surface area (Å²) in [5.74, 6) is 0.999. The van der Waals surface area contributed by atoms with Crippen LogP contribution in [-0.2, 0) is 11.4 Å². The zero-order valence-corrected chi connectivity index (χ0v) is 16.1. The molecule has 1 heterocycles. The van der Waals surface area contributed by atoms with Gasteiger partial charge in [0.15, 0.2) is 5.17 Å². The maximum absolute atomic E-state index is 11.1. The normalized spacial score (nSPS) is 15.8. The molecule has 1 aliphatic rings. The van der Waals surface area contributed by atoms with Gasteiger partial charge in [-0.25, -0.2) is 0 Å². The molecule has 2 aromatic carbocycles. The molecule has 0 unspecified atom stereocenters. The molecule has 0 saturated carbocycles. The fraction of sp³-hybridized carbons (Fsp3) is 0.118. The number of amidine groups is 1. The van der Waals surface area contributed by atoms with Crippen LogP contribution in [0.3, 0.4) is 0 Å². The van der Waals surface area contributed by atoms with E-state index in [-0.39, 0.29) is 5.91 Å². The van der Waals surface area contributed by atoms with Crippen molar-refractivity contribution >= 4 is 56.6 Å². The lowest BCUT2D eigenvalue weighted by Crippen LogP contribution is -2.19. The summed E-state index contributed by atoms with van der Waals surface area (Å²) >= 11 is 10.7. The van der Waals surface area contributed by atoms with Crippen molar-refractivity contribution in [2.24, 2.45) is 10.2 Å². The summed E-state index contributed by atoms with van der Waals surface area (Å²) in [7, 11) is 0. The first-order valence-electron chi connectivity index (χ1n) is 7.30.